The lowest BCUT2D eigenvalue weighted by atomic mass is 10.3. The SMILES string of the molecule is C/C(C=CO)=C\C=O. The molecule has 0 aromatic heterocycles. The largest absolute Gasteiger partial charge is 0.516 e. The van der Waals surface area contributed by atoms with E-state index in [0.717, 1.165) is 11.8 Å². The van der Waals surface area contributed by atoms with Crippen molar-refractivity contribution in [2.45, 2.75) is 6.92 Å². The van der Waals surface area contributed by atoms with Gasteiger partial charge in [0.1, 0.15) is 6.29 Å². The van der Waals surface area contributed by atoms with Crippen molar-refractivity contribution in [3.05, 3.63) is 24.0 Å². The molecule has 0 saturated carbocycles. The molecule has 0 fully saturated rings. The van der Waals surface area contributed by atoms with Crippen molar-refractivity contribution in [1.29, 1.82) is 0 Å². The zero-order valence-corrected chi connectivity index (χ0v) is 4.66. The quantitative estimate of drug-likeness (QED) is 0.252. The van der Waals surface area contributed by atoms with E-state index in [2.05, 4.69) is 0 Å². The van der Waals surface area contributed by atoms with Gasteiger partial charge >= 0.3 is 0 Å². The Labute approximate surface area is 48.1 Å². The Morgan fingerprint density at radius 2 is 2.25 bits per heavy atom. The molecule has 0 radical (unpaired) electrons. The summed E-state index contributed by atoms with van der Waals surface area (Å²) in [4.78, 5) is 9.70. The Balaban J connectivity index is 3.79. The molecule has 0 bridgehead atoms. The highest BCUT2D eigenvalue weighted by atomic mass is 16.2. The monoisotopic (exact) mass is 112 g/mol. The molecule has 0 aliphatic rings. The second-order valence-electron chi connectivity index (χ2n) is 1.36. The molecule has 0 atom stereocenters. The molecule has 0 saturated heterocycles. The van der Waals surface area contributed by atoms with Crippen molar-refractivity contribution in [1.82, 2.24) is 0 Å². The van der Waals surface area contributed by atoms with Crippen LogP contribution in [0.4, 0.5) is 0 Å². The van der Waals surface area contributed by atoms with E-state index < -0.39 is 0 Å². The predicted molar refractivity (Wildman–Crippen MR) is 31.6 cm³/mol. The maximum absolute atomic E-state index is 9.70. The molecular weight excluding hydrogens is 104 g/mol. The zero-order chi connectivity index (χ0) is 6.41. The molecule has 0 aliphatic heterocycles. The lowest BCUT2D eigenvalue weighted by Gasteiger charge is -1.80. The summed E-state index contributed by atoms with van der Waals surface area (Å²) in [6, 6.07) is 0. The predicted octanol–water partition coefficient (Wildman–Crippen LogP) is 1.20. The number of carbonyl (C=O) groups is 1. The third-order valence-electron chi connectivity index (χ3n) is 0.668. The van der Waals surface area contributed by atoms with Crippen LogP contribution in [0.5, 0.6) is 0 Å². The Morgan fingerprint density at radius 1 is 1.62 bits per heavy atom. The molecule has 0 heterocycles. The summed E-state index contributed by atoms with van der Waals surface area (Å²) in [7, 11) is 0. The molecule has 0 aliphatic carbocycles. The molecule has 0 spiro atoms. The molecule has 0 aromatic carbocycles. The molecular formula is C6H8O2. The minimum absolute atomic E-state index is 0.676. The maximum Gasteiger partial charge on any atom is 0.143 e. The van der Waals surface area contributed by atoms with Gasteiger partial charge in [-0.05, 0) is 24.6 Å². The van der Waals surface area contributed by atoms with Crippen molar-refractivity contribution in [3.63, 3.8) is 0 Å². The van der Waals surface area contributed by atoms with Crippen LogP contribution in [0.3, 0.4) is 0 Å². The van der Waals surface area contributed by atoms with Gasteiger partial charge in [-0.15, -0.1) is 0 Å². The van der Waals surface area contributed by atoms with E-state index in [1.54, 1.807) is 6.92 Å². The number of allylic oxidation sites excluding steroid dienone is 3. The Kier molecular flexibility index (Phi) is 3.58. The highest BCUT2D eigenvalue weighted by molar-refractivity contribution is 5.66. The van der Waals surface area contributed by atoms with Crippen LogP contribution in [0.15, 0.2) is 24.0 Å². The van der Waals surface area contributed by atoms with Gasteiger partial charge in [0, 0.05) is 0 Å². The summed E-state index contributed by atoms with van der Waals surface area (Å²) < 4.78 is 0. The molecule has 0 unspecified atom stereocenters. The summed E-state index contributed by atoms with van der Waals surface area (Å²) in [6.45, 7) is 1.72. The maximum atomic E-state index is 9.70. The van der Waals surface area contributed by atoms with Gasteiger partial charge in [-0.25, -0.2) is 0 Å². The number of carbonyl (C=O) groups excluding carboxylic acids is 1. The highest BCUT2D eigenvalue weighted by Crippen LogP contribution is 1.89. The minimum Gasteiger partial charge on any atom is -0.516 e. The topological polar surface area (TPSA) is 37.3 Å². The lowest BCUT2D eigenvalue weighted by Crippen LogP contribution is -1.68. The van der Waals surface area contributed by atoms with Crippen LogP contribution < -0.4 is 0 Å². The zero-order valence-electron chi connectivity index (χ0n) is 4.66. The van der Waals surface area contributed by atoms with Crippen molar-refractivity contribution in [3.8, 4) is 0 Å². The lowest BCUT2D eigenvalue weighted by molar-refractivity contribution is -0.104. The summed E-state index contributed by atoms with van der Waals surface area (Å²) >= 11 is 0. The van der Waals surface area contributed by atoms with Crippen LogP contribution in [0, 0.1) is 0 Å². The average Bonchev–Trinajstić information content (AvgIpc) is 1.68. The van der Waals surface area contributed by atoms with Crippen molar-refractivity contribution in [2.75, 3.05) is 0 Å². The van der Waals surface area contributed by atoms with Gasteiger partial charge in [0.15, 0.2) is 0 Å². The van der Waals surface area contributed by atoms with Crippen LogP contribution in [0.25, 0.3) is 0 Å². The second kappa shape index (κ2) is 4.12. The first-order valence-electron chi connectivity index (χ1n) is 2.24. The molecule has 0 amide bonds. The molecule has 8 heavy (non-hydrogen) atoms. The third-order valence-corrected chi connectivity index (χ3v) is 0.668. The number of hydrogen-bond donors (Lipinski definition) is 1. The number of aliphatic hydroxyl groups is 1. The summed E-state index contributed by atoms with van der Waals surface area (Å²) in [5.74, 6) is 0. The van der Waals surface area contributed by atoms with E-state index in [1.165, 1.54) is 12.2 Å². The van der Waals surface area contributed by atoms with Crippen molar-refractivity contribution < 1.29 is 9.90 Å². The summed E-state index contributed by atoms with van der Waals surface area (Å²) in [5.41, 5.74) is 0.738. The number of aliphatic hydroxyl groups excluding tert-OH is 1. The normalized spacial score (nSPS) is 12.4. The molecule has 44 valence electrons. The number of hydrogen-bond acceptors (Lipinski definition) is 2. The van der Waals surface area contributed by atoms with E-state index in [1.807, 2.05) is 0 Å². The molecule has 2 heteroatoms. The van der Waals surface area contributed by atoms with Crippen LogP contribution in [0.1, 0.15) is 6.92 Å². The molecule has 0 aromatic rings. The second-order valence-corrected chi connectivity index (χ2v) is 1.36. The van der Waals surface area contributed by atoms with E-state index in [4.69, 9.17) is 5.11 Å². The average molecular weight is 112 g/mol. The minimum atomic E-state index is 0.676. The van der Waals surface area contributed by atoms with Crippen molar-refractivity contribution >= 4 is 6.29 Å². The Bertz CT molecular complexity index is 122. The van der Waals surface area contributed by atoms with E-state index >= 15 is 0 Å². The van der Waals surface area contributed by atoms with Gasteiger partial charge in [0.25, 0.3) is 0 Å². The highest BCUT2D eigenvalue weighted by Gasteiger charge is 1.75. The van der Waals surface area contributed by atoms with E-state index in [9.17, 15) is 4.79 Å². The first-order valence-corrected chi connectivity index (χ1v) is 2.24. The molecule has 0 rings (SSSR count). The molecule has 2 nitrogen and oxygen atoms in total. The van der Waals surface area contributed by atoms with Gasteiger partial charge in [0.05, 0.1) is 6.26 Å². The van der Waals surface area contributed by atoms with Crippen LogP contribution >= 0.6 is 0 Å². The van der Waals surface area contributed by atoms with Gasteiger partial charge in [0.2, 0.25) is 0 Å². The fourth-order valence-corrected chi connectivity index (χ4v) is 0.280. The fraction of sp³-hybridized carbons (Fsp3) is 0.167. The first kappa shape index (κ1) is 6.95. The summed E-state index contributed by atoms with van der Waals surface area (Å²) in [5, 5.41) is 8.13. The number of rotatable bonds is 2. The third kappa shape index (κ3) is 3.15. The van der Waals surface area contributed by atoms with E-state index in [-0.39, 0.29) is 0 Å². The van der Waals surface area contributed by atoms with Crippen LogP contribution in [-0.2, 0) is 4.79 Å². The Morgan fingerprint density at radius 3 is 2.62 bits per heavy atom. The van der Waals surface area contributed by atoms with Crippen molar-refractivity contribution in [2.24, 2.45) is 0 Å². The Hall–Kier alpha value is -1.05. The smallest absolute Gasteiger partial charge is 0.143 e. The van der Waals surface area contributed by atoms with Gasteiger partial charge in [-0.3, -0.25) is 4.79 Å². The van der Waals surface area contributed by atoms with Gasteiger partial charge < -0.3 is 5.11 Å². The summed E-state index contributed by atoms with van der Waals surface area (Å²) in [6.07, 6.45) is 4.38. The van der Waals surface area contributed by atoms with Crippen LogP contribution in [0.2, 0.25) is 0 Å². The van der Waals surface area contributed by atoms with Gasteiger partial charge in [-0.1, -0.05) is 0 Å². The first-order chi connectivity index (χ1) is 3.81. The standard InChI is InChI=1S/C6H8O2/c1-6(2-4-7)3-5-8/h2-5,7H,1H3/b4-2?,6-3+. The van der Waals surface area contributed by atoms with Gasteiger partial charge in [-0.2, -0.15) is 0 Å². The van der Waals surface area contributed by atoms with Crippen LogP contribution in [-0.4, -0.2) is 11.4 Å². The fourth-order valence-electron chi connectivity index (χ4n) is 0.280. The van der Waals surface area contributed by atoms with E-state index in [0.29, 0.717) is 6.29 Å². The molecule has 1 N–H and O–H groups in total. The number of aldehydes is 1.